The van der Waals surface area contributed by atoms with Crippen LogP contribution in [0.4, 0.5) is 5.82 Å². The highest BCUT2D eigenvalue weighted by atomic mass is 15.1. The van der Waals surface area contributed by atoms with E-state index in [1.807, 2.05) is 30.6 Å². The molecule has 2 aromatic heterocycles. The van der Waals surface area contributed by atoms with Crippen LogP contribution in [0.5, 0.6) is 0 Å². The Morgan fingerprint density at radius 3 is 2.55 bits per heavy atom. The molecule has 0 aliphatic heterocycles. The maximum atomic E-state index is 6.09. The van der Waals surface area contributed by atoms with Gasteiger partial charge in [0, 0.05) is 5.39 Å². The van der Waals surface area contributed by atoms with E-state index in [1.165, 1.54) is 5.56 Å². The molecule has 2 heterocycles. The fraction of sp³-hybridized carbons (Fsp3) is 0.111. The molecule has 0 saturated carbocycles. The molecule has 4 aromatic rings. The highest BCUT2D eigenvalue weighted by molar-refractivity contribution is 6.06. The van der Waals surface area contributed by atoms with E-state index in [9.17, 15) is 0 Å². The van der Waals surface area contributed by atoms with Crippen molar-refractivity contribution in [3.05, 3.63) is 66.5 Å². The maximum Gasteiger partial charge on any atom is 0.152 e. The van der Waals surface area contributed by atoms with E-state index in [-0.39, 0.29) is 6.04 Å². The average Bonchev–Trinajstić information content (AvgIpc) is 3.01. The predicted octanol–water partition coefficient (Wildman–Crippen LogP) is 3.78. The van der Waals surface area contributed by atoms with Gasteiger partial charge in [0.1, 0.15) is 5.52 Å². The number of nitrogen functional groups attached to an aromatic ring is 1. The molecule has 0 spiro atoms. The largest absolute Gasteiger partial charge is 0.382 e. The zero-order valence-electron chi connectivity index (χ0n) is 12.3. The van der Waals surface area contributed by atoms with Crippen LogP contribution in [0.1, 0.15) is 18.5 Å². The Labute approximate surface area is 128 Å². The first-order valence-electron chi connectivity index (χ1n) is 7.31. The van der Waals surface area contributed by atoms with E-state index in [4.69, 9.17) is 5.73 Å². The first kappa shape index (κ1) is 12.8. The minimum Gasteiger partial charge on any atom is -0.382 e. The number of benzene rings is 2. The third kappa shape index (κ3) is 1.84. The summed E-state index contributed by atoms with van der Waals surface area (Å²) < 4.78 is 2.17. The zero-order valence-corrected chi connectivity index (χ0v) is 12.3. The number of para-hydroxylation sites is 1. The molecule has 2 aromatic carbocycles. The maximum absolute atomic E-state index is 6.09. The Morgan fingerprint density at radius 1 is 1.00 bits per heavy atom. The molecule has 0 aliphatic rings. The number of anilines is 1. The number of rotatable bonds is 2. The normalized spacial score (nSPS) is 12.8. The quantitative estimate of drug-likeness (QED) is 0.610. The Bertz CT molecular complexity index is 957. The van der Waals surface area contributed by atoms with Gasteiger partial charge in [-0.05, 0) is 18.6 Å². The van der Waals surface area contributed by atoms with Gasteiger partial charge in [0.05, 0.1) is 23.4 Å². The minimum absolute atomic E-state index is 0.177. The summed E-state index contributed by atoms with van der Waals surface area (Å²) in [4.78, 5) is 8.94. The van der Waals surface area contributed by atoms with Crippen molar-refractivity contribution in [2.24, 2.45) is 0 Å². The molecule has 0 bridgehead atoms. The summed E-state index contributed by atoms with van der Waals surface area (Å²) in [6.07, 6.45) is 1.85. The number of pyridine rings is 1. The average molecular weight is 288 g/mol. The molecule has 0 radical (unpaired) electrons. The number of hydrogen-bond acceptors (Lipinski definition) is 3. The van der Waals surface area contributed by atoms with E-state index >= 15 is 0 Å². The molecule has 4 rings (SSSR count). The van der Waals surface area contributed by atoms with Crippen LogP contribution in [0.3, 0.4) is 0 Å². The van der Waals surface area contributed by atoms with Gasteiger partial charge in [-0.1, -0.05) is 48.5 Å². The van der Waals surface area contributed by atoms with Crippen LogP contribution in [0.15, 0.2) is 60.9 Å². The van der Waals surface area contributed by atoms with E-state index in [0.29, 0.717) is 5.82 Å². The van der Waals surface area contributed by atoms with Crippen LogP contribution in [0.2, 0.25) is 0 Å². The van der Waals surface area contributed by atoms with Gasteiger partial charge in [0.2, 0.25) is 0 Å². The van der Waals surface area contributed by atoms with E-state index < -0.39 is 0 Å². The van der Waals surface area contributed by atoms with Crippen LogP contribution in [-0.4, -0.2) is 14.5 Å². The Morgan fingerprint density at radius 2 is 1.73 bits per heavy atom. The van der Waals surface area contributed by atoms with Gasteiger partial charge in [0.25, 0.3) is 0 Å². The third-order valence-electron chi connectivity index (χ3n) is 4.14. The molecule has 0 fully saturated rings. The fourth-order valence-corrected chi connectivity index (χ4v) is 2.96. The van der Waals surface area contributed by atoms with Crippen molar-refractivity contribution in [1.29, 1.82) is 0 Å². The second kappa shape index (κ2) is 4.84. The molecule has 0 aliphatic carbocycles. The molecule has 0 saturated heterocycles. The Balaban J connectivity index is 2.03. The molecule has 0 amide bonds. The first-order chi connectivity index (χ1) is 10.8. The van der Waals surface area contributed by atoms with Crippen molar-refractivity contribution in [2.75, 3.05) is 5.73 Å². The van der Waals surface area contributed by atoms with E-state index in [0.717, 1.165) is 21.9 Å². The standard InChI is InChI=1S/C18H16N4/c1-12(13-7-3-2-4-8-13)22-11-20-16-17(22)14-9-5-6-10-15(14)21-18(16)19/h2-12H,1H3,(H2,19,21)/t12-/m1/s1. The van der Waals surface area contributed by atoms with Gasteiger partial charge in [-0.3, -0.25) is 0 Å². The van der Waals surface area contributed by atoms with Crippen LogP contribution in [-0.2, 0) is 0 Å². The molecule has 108 valence electrons. The topological polar surface area (TPSA) is 56.7 Å². The van der Waals surface area contributed by atoms with Crippen molar-refractivity contribution in [3.63, 3.8) is 0 Å². The first-order valence-corrected chi connectivity index (χ1v) is 7.31. The summed E-state index contributed by atoms with van der Waals surface area (Å²) in [5.74, 6) is 0.479. The van der Waals surface area contributed by atoms with Crippen molar-refractivity contribution in [1.82, 2.24) is 14.5 Å². The van der Waals surface area contributed by atoms with E-state index in [1.54, 1.807) is 0 Å². The van der Waals surface area contributed by atoms with Crippen molar-refractivity contribution in [2.45, 2.75) is 13.0 Å². The highest BCUT2D eigenvalue weighted by Gasteiger charge is 2.16. The van der Waals surface area contributed by atoms with Gasteiger partial charge < -0.3 is 10.3 Å². The highest BCUT2D eigenvalue weighted by Crippen LogP contribution is 2.30. The second-order valence-electron chi connectivity index (χ2n) is 5.45. The van der Waals surface area contributed by atoms with Crippen LogP contribution in [0.25, 0.3) is 21.9 Å². The lowest BCUT2D eigenvalue weighted by Gasteiger charge is -2.16. The van der Waals surface area contributed by atoms with E-state index in [2.05, 4.69) is 51.8 Å². The summed E-state index contributed by atoms with van der Waals surface area (Å²) in [6.45, 7) is 2.17. The molecular formula is C18H16N4. The van der Waals surface area contributed by atoms with Gasteiger partial charge >= 0.3 is 0 Å². The monoisotopic (exact) mass is 288 g/mol. The van der Waals surface area contributed by atoms with Gasteiger partial charge in [-0.15, -0.1) is 0 Å². The lowest BCUT2D eigenvalue weighted by atomic mass is 10.1. The fourth-order valence-electron chi connectivity index (χ4n) is 2.96. The molecule has 0 unspecified atom stereocenters. The molecule has 22 heavy (non-hydrogen) atoms. The van der Waals surface area contributed by atoms with Crippen LogP contribution < -0.4 is 5.73 Å². The molecule has 1 atom stereocenters. The number of fused-ring (bicyclic) bond motifs is 3. The number of imidazole rings is 1. The number of hydrogen-bond donors (Lipinski definition) is 1. The predicted molar refractivity (Wildman–Crippen MR) is 89.7 cm³/mol. The molecule has 4 heteroatoms. The summed E-state index contributed by atoms with van der Waals surface area (Å²) in [7, 11) is 0. The van der Waals surface area contributed by atoms with Crippen LogP contribution >= 0.6 is 0 Å². The minimum atomic E-state index is 0.177. The number of nitrogens with zero attached hydrogens (tertiary/aromatic N) is 3. The Kier molecular flexibility index (Phi) is 2.82. The third-order valence-corrected chi connectivity index (χ3v) is 4.14. The summed E-state index contributed by atoms with van der Waals surface area (Å²) in [5, 5.41) is 1.08. The zero-order chi connectivity index (χ0) is 15.1. The summed E-state index contributed by atoms with van der Waals surface area (Å²) >= 11 is 0. The van der Waals surface area contributed by atoms with Gasteiger partial charge in [0.15, 0.2) is 5.82 Å². The molecular weight excluding hydrogens is 272 g/mol. The second-order valence-corrected chi connectivity index (χ2v) is 5.45. The van der Waals surface area contributed by atoms with Gasteiger partial charge in [-0.2, -0.15) is 0 Å². The van der Waals surface area contributed by atoms with Crippen molar-refractivity contribution in [3.8, 4) is 0 Å². The Hall–Kier alpha value is -2.88. The lowest BCUT2D eigenvalue weighted by Crippen LogP contribution is -2.06. The number of nitrogens with two attached hydrogens (primary N) is 1. The SMILES string of the molecule is C[C@H](c1ccccc1)n1cnc2c(N)nc3ccccc3c21. The molecule has 4 nitrogen and oxygen atoms in total. The summed E-state index contributed by atoms with van der Waals surface area (Å²) in [5.41, 5.74) is 10.0. The smallest absolute Gasteiger partial charge is 0.152 e. The summed E-state index contributed by atoms with van der Waals surface area (Å²) in [6, 6.07) is 18.6. The van der Waals surface area contributed by atoms with Crippen LogP contribution in [0, 0.1) is 0 Å². The number of aromatic nitrogens is 3. The lowest BCUT2D eigenvalue weighted by molar-refractivity contribution is 0.659. The van der Waals surface area contributed by atoms with Gasteiger partial charge in [-0.25, -0.2) is 9.97 Å². The molecule has 2 N–H and O–H groups in total. The van der Waals surface area contributed by atoms with Crippen molar-refractivity contribution < 1.29 is 0 Å². The van der Waals surface area contributed by atoms with Crippen molar-refractivity contribution >= 4 is 27.8 Å².